The lowest BCUT2D eigenvalue weighted by atomic mass is 10.1. The summed E-state index contributed by atoms with van der Waals surface area (Å²) in [5, 5.41) is 10.8. The van der Waals surface area contributed by atoms with Crippen molar-refractivity contribution in [2.24, 2.45) is 0 Å². The van der Waals surface area contributed by atoms with Crippen molar-refractivity contribution >= 4 is 27.9 Å². The Kier molecular flexibility index (Phi) is 4.14. The Labute approximate surface area is 123 Å². The normalized spacial score (nSPS) is 10.1. The van der Waals surface area contributed by atoms with E-state index in [0.29, 0.717) is 21.5 Å². The van der Waals surface area contributed by atoms with Gasteiger partial charge in [0.05, 0.1) is 11.0 Å². The van der Waals surface area contributed by atoms with E-state index in [1.807, 2.05) is 0 Å². The third kappa shape index (κ3) is 3.21. The Morgan fingerprint density at radius 3 is 2.60 bits per heavy atom. The van der Waals surface area contributed by atoms with Crippen LogP contribution in [0.15, 0.2) is 40.9 Å². The average molecular weight is 336 g/mol. The Hall–Kier alpha value is -2.21. The van der Waals surface area contributed by atoms with Gasteiger partial charge in [0.1, 0.15) is 17.8 Å². The second-order valence-electron chi connectivity index (χ2n) is 4.15. The molecule has 2 aromatic carbocycles. The van der Waals surface area contributed by atoms with Crippen LogP contribution in [0.3, 0.4) is 0 Å². The number of ether oxygens (including phenoxy) is 1. The summed E-state index contributed by atoms with van der Waals surface area (Å²) in [5.74, 6) is 0.899. The summed E-state index contributed by atoms with van der Waals surface area (Å²) in [7, 11) is 0. The van der Waals surface area contributed by atoms with Crippen LogP contribution in [0.4, 0.5) is 5.69 Å². The number of nitro groups is 1. The summed E-state index contributed by atoms with van der Waals surface area (Å²) in [5.41, 5.74) is 1.27. The Morgan fingerprint density at radius 1 is 1.25 bits per heavy atom. The maximum Gasteiger partial charge on any atom is 0.274 e. The highest BCUT2D eigenvalue weighted by molar-refractivity contribution is 9.10. The number of benzene rings is 2. The van der Waals surface area contributed by atoms with Crippen LogP contribution in [0.25, 0.3) is 0 Å². The number of aryl methyl sites for hydroxylation is 1. The van der Waals surface area contributed by atoms with Gasteiger partial charge in [-0.1, -0.05) is 15.9 Å². The first-order valence-electron chi connectivity index (χ1n) is 5.68. The van der Waals surface area contributed by atoms with Crippen LogP contribution in [0.2, 0.25) is 0 Å². The number of hydrogen-bond acceptors (Lipinski definition) is 4. The molecule has 0 aliphatic carbocycles. The zero-order valence-electron chi connectivity index (χ0n) is 10.5. The average Bonchev–Trinajstić information content (AvgIpc) is 2.40. The highest BCUT2D eigenvalue weighted by Gasteiger charge is 2.11. The molecule has 0 unspecified atom stereocenters. The van der Waals surface area contributed by atoms with Gasteiger partial charge in [-0.15, -0.1) is 0 Å². The fourth-order valence-electron chi connectivity index (χ4n) is 1.70. The highest BCUT2D eigenvalue weighted by atomic mass is 79.9. The summed E-state index contributed by atoms with van der Waals surface area (Å²) in [6.07, 6.45) is 0.751. The number of carbonyl (C=O) groups excluding carboxylic acids is 1. The molecule has 0 aliphatic heterocycles. The maximum absolute atomic E-state index is 10.8. The molecule has 0 bridgehead atoms. The largest absolute Gasteiger partial charge is 0.457 e. The lowest BCUT2D eigenvalue weighted by molar-refractivity contribution is -0.385. The molecule has 20 heavy (non-hydrogen) atoms. The third-order valence-corrected chi connectivity index (χ3v) is 3.09. The Bertz CT molecular complexity index is 685. The first kappa shape index (κ1) is 14.2. The van der Waals surface area contributed by atoms with Gasteiger partial charge in [0, 0.05) is 16.1 Å². The molecular weight excluding hydrogens is 326 g/mol. The second-order valence-corrected chi connectivity index (χ2v) is 5.06. The van der Waals surface area contributed by atoms with E-state index >= 15 is 0 Å². The molecular formula is C14H10BrNO4. The van der Waals surface area contributed by atoms with Crippen molar-refractivity contribution in [2.75, 3.05) is 0 Å². The number of hydrogen-bond donors (Lipinski definition) is 0. The quantitative estimate of drug-likeness (QED) is 0.475. The number of rotatable bonds is 4. The van der Waals surface area contributed by atoms with Gasteiger partial charge in [0.25, 0.3) is 5.69 Å². The van der Waals surface area contributed by atoms with Crippen molar-refractivity contribution in [2.45, 2.75) is 6.92 Å². The summed E-state index contributed by atoms with van der Waals surface area (Å²) >= 11 is 3.21. The number of halogens is 1. The van der Waals surface area contributed by atoms with Crippen molar-refractivity contribution in [3.05, 3.63) is 62.1 Å². The molecule has 0 aromatic heterocycles. The molecule has 2 rings (SSSR count). The van der Waals surface area contributed by atoms with E-state index < -0.39 is 4.92 Å². The van der Waals surface area contributed by atoms with Gasteiger partial charge in [-0.25, -0.2) is 0 Å². The van der Waals surface area contributed by atoms with Crippen LogP contribution in [0, 0.1) is 17.0 Å². The third-order valence-electron chi connectivity index (χ3n) is 2.63. The zero-order chi connectivity index (χ0) is 14.7. The van der Waals surface area contributed by atoms with E-state index in [4.69, 9.17) is 4.74 Å². The molecule has 5 nitrogen and oxygen atoms in total. The minimum absolute atomic E-state index is 0.0588. The van der Waals surface area contributed by atoms with E-state index in [0.717, 1.165) is 11.8 Å². The summed E-state index contributed by atoms with van der Waals surface area (Å²) in [6.45, 7) is 1.80. The zero-order valence-corrected chi connectivity index (χ0v) is 12.1. The van der Waals surface area contributed by atoms with Crippen LogP contribution >= 0.6 is 15.9 Å². The van der Waals surface area contributed by atoms with Gasteiger partial charge in [-0.05, 0) is 36.8 Å². The Balaban J connectivity index is 2.34. The van der Waals surface area contributed by atoms with Gasteiger partial charge >= 0.3 is 0 Å². The first-order valence-corrected chi connectivity index (χ1v) is 6.47. The van der Waals surface area contributed by atoms with E-state index in [1.165, 1.54) is 12.1 Å². The molecule has 0 amide bonds. The highest BCUT2D eigenvalue weighted by Crippen LogP contribution is 2.31. The van der Waals surface area contributed by atoms with Gasteiger partial charge < -0.3 is 4.74 Å². The van der Waals surface area contributed by atoms with Crippen LogP contribution in [0.5, 0.6) is 11.5 Å². The minimum atomic E-state index is -0.486. The van der Waals surface area contributed by atoms with Gasteiger partial charge in [-0.3, -0.25) is 14.9 Å². The Morgan fingerprint density at radius 2 is 2.00 bits per heavy atom. The summed E-state index contributed by atoms with van der Waals surface area (Å²) < 4.78 is 6.19. The van der Waals surface area contributed by atoms with Crippen LogP contribution in [-0.2, 0) is 0 Å². The molecule has 0 radical (unpaired) electrons. The topological polar surface area (TPSA) is 69.4 Å². The standard InChI is InChI=1S/C14H10BrNO4/c1-9-4-10(8-17)2-3-14(9)20-13-6-11(15)5-12(7-13)16(18)19/h2-8H,1H3. The molecule has 102 valence electrons. The van der Waals surface area contributed by atoms with Crippen molar-refractivity contribution in [1.82, 2.24) is 0 Å². The van der Waals surface area contributed by atoms with E-state index in [9.17, 15) is 14.9 Å². The predicted molar refractivity (Wildman–Crippen MR) is 77.4 cm³/mol. The lowest BCUT2D eigenvalue weighted by Crippen LogP contribution is -1.92. The van der Waals surface area contributed by atoms with Gasteiger partial charge in [0.15, 0.2) is 0 Å². The van der Waals surface area contributed by atoms with E-state index in [1.54, 1.807) is 31.2 Å². The minimum Gasteiger partial charge on any atom is -0.457 e. The summed E-state index contributed by atoms with van der Waals surface area (Å²) in [4.78, 5) is 21.0. The number of carbonyl (C=O) groups is 1. The number of aldehydes is 1. The van der Waals surface area contributed by atoms with E-state index in [-0.39, 0.29) is 5.69 Å². The molecule has 0 spiro atoms. The molecule has 0 fully saturated rings. The predicted octanol–water partition coefficient (Wildman–Crippen LogP) is 4.27. The van der Waals surface area contributed by atoms with Gasteiger partial charge in [-0.2, -0.15) is 0 Å². The van der Waals surface area contributed by atoms with Crippen LogP contribution in [-0.4, -0.2) is 11.2 Å². The number of nitro benzene ring substituents is 1. The molecule has 0 atom stereocenters. The van der Waals surface area contributed by atoms with Crippen molar-refractivity contribution < 1.29 is 14.5 Å². The van der Waals surface area contributed by atoms with Crippen LogP contribution < -0.4 is 4.74 Å². The molecule has 0 saturated heterocycles. The fraction of sp³-hybridized carbons (Fsp3) is 0.0714. The lowest BCUT2D eigenvalue weighted by Gasteiger charge is -2.09. The fourth-order valence-corrected chi connectivity index (χ4v) is 2.16. The molecule has 0 aliphatic rings. The smallest absolute Gasteiger partial charge is 0.274 e. The second kappa shape index (κ2) is 5.83. The van der Waals surface area contributed by atoms with E-state index in [2.05, 4.69) is 15.9 Å². The molecule has 6 heteroatoms. The van der Waals surface area contributed by atoms with Crippen molar-refractivity contribution in [3.8, 4) is 11.5 Å². The van der Waals surface area contributed by atoms with Crippen molar-refractivity contribution in [3.63, 3.8) is 0 Å². The molecule has 0 heterocycles. The SMILES string of the molecule is Cc1cc(C=O)ccc1Oc1cc(Br)cc([N+](=O)[O-])c1. The number of non-ortho nitro benzene ring substituents is 1. The van der Waals surface area contributed by atoms with Gasteiger partial charge in [0.2, 0.25) is 0 Å². The van der Waals surface area contributed by atoms with Crippen LogP contribution in [0.1, 0.15) is 15.9 Å². The molecule has 2 aromatic rings. The first-order chi connectivity index (χ1) is 9.49. The number of nitrogens with zero attached hydrogens (tertiary/aromatic N) is 1. The van der Waals surface area contributed by atoms with Crippen molar-refractivity contribution in [1.29, 1.82) is 0 Å². The monoisotopic (exact) mass is 335 g/mol. The molecule has 0 saturated carbocycles. The summed E-state index contributed by atoms with van der Waals surface area (Å²) in [6, 6.07) is 9.36. The molecule has 0 N–H and O–H groups in total. The maximum atomic E-state index is 10.8.